The van der Waals surface area contributed by atoms with Gasteiger partial charge in [0.25, 0.3) is 0 Å². The molecule has 24 heavy (non-hydrogen) atoms. The van der Waals surface area contributed by atoms with Crippen molar-refractivity contribution in [3.63, 3.8) is 0 Å². The molecule has 0 radical (unpaired) electrons. The SMILES string of the molecule is O=S(=O)([O-])C(F)(F)C(F)(F)OC(F)(F)C(F)(F)C1CC2CCC1C2. The van der Waals surface area contributed by atoms with Gasteiger partial charge in [0.1, 0.15) is 0 Å². The van der Waals surface area contributed by atoms with Crippen LogP contribution in [0.2, 0.25) is 0 Å². The van der Waals surface area contributed by atoms with Gasteiger partial charge in [-0.1, -0.05) is 6.42 Å². The summed E-state index contributed by atoms with van der Waals surface area (Å²) >= 11 is 0. The lowest BCUT2D eigenvalue weighted by atomic mass is 9.83. The van der Waals surface area contributed by atoms with Gasteiger partial charge in [0.05, 0.1) is 0 Å². The highest BCUT2D eigenvalue weighted by Crippen LogP contribution is 2.58. The Balaban J connectivity index is 2.26. The molecule has 2 rings (SSSR count). The minimum atomic E-state index is -7.14. The third-order valence-corrected chi connectivity index (χ3v) is 5.37. The molecule has 0 amide bonds. The fraction of sp³-hybridized carbons (Fsp3) is 1.00. The number of rotatable bonds is 6. The van der Waals surface area contributed by atoms with Crippen LogP contribution >= 0.6 is 0 Å². The van der Waals surface area contributed by atoms with Crippen LogP contribution in [0.3, 0.4) is 0 Å². The average molecular weight is 391 g/mol. The maximum Gasteiger partial charge on any atom is 0.438 e. The number of ether oxygens (including phenoxy) is 1. The van der Waals surface area contributed by atoms with Gasteiger partial charge in [-0.15, -0.1) is 0 Å². The molecular formula is C11H11F8O4S-. The number of hydrogen-bond acceptors (Lipinski definition) is 4. The van der Waals surface area contributed by atoms with Gasteiger partial charge in [-0.3, -0.25) is 0 Å². The van der Waals surface area contributed by atoms with E-state index >= 15 is 0 Å². The van der Waals surface area contributed by atoms with E-state index in [0.717, 1.165) is 0 Å². The molecule has 3 atom stereocenters. The van der Waals surface area contributed by atoms with Crippen molar-refractivity contribution >= 4 is 10.1 Å². The van der Waals surface area contributed by atoms with Gasteiger partial charge in [0, 0.05) is 5.92 Å². The Morgan fingerprint density at radius 3 is 1.79 bits per heavy atom. The van der Waals surface area contributed by atoms with Crippen molar-refractivity contribution in [3.05, 3.63) is 0 Å². The highest BCUT2D eigenvalue weighted by Gasteiger charge is 2.74. The van der Waals surface area contributed by atoms with Gasteiger partial charge in [-0.25, -0.2) is 13.2 Å². The normalized spacial score (nSPS) is 29.3. The van der Waals surface area contributed by atoms with Gasteiger partial charge in [-0.05, 0) is 31.1 Å². The van der Waals surface area contributed by atoms with Crippen molar-refractivity contribution in [1.29, 1.82) is 0 Å². The molecule has 2 fully saturated rings. The van der Waals surface area contributed by atoms with Crippen molar-refractivity contribution < 1.29 is 52.8 Å². The summed E-state index contributed by atoms with van der Waals surface area (Å²) in [6.45, 7) is 0. The Morgan fingerprint density at radius 1 is 0.875 bits per heavy atom. The Hall–Kier alpha value is -0.690. The second-order valence-electron chi connectivity index (χ2n) is 6.01. The molecule has 2 bridgehead atoms. The molecule has 0 N–H and O–H groups in total. The van der Waals surface area contributed by atoms with Crippen LogP contribution < -0.4 is 0 Å². The average Bonchev–Trinajstić information content (AvgIpc) is 2.97. The van der Waals surface area contributed by atoms with Crippen LogP contribution in [0.15, 0.2) is 0 Å². The van der Waals surface area contributed by atoms with Crippen molar-refractivity contribution in [1.82, 2.24) is 0 Å². The lowest BCUT2D eigenvalue weighted by Crippen LogP contribution is -2.58. The standard InChI is InChI=1S/C11H12F8O4S/c12-8(13,7-4-5-1-2-6(7)3-5)9(14,15)23-10(16,17)11(18,19)24(20,21)22/h5-7H,1-4H2,(H,20,21,22)/p-1. The van der Waals surface area contributed by atoms with E-state index in [1.54, 1.807) is 0 Å². The molecule has 4 nitrogen and oxygen atoms in total. The first-order valence-corrected chi connectivity index (χ1v) is 8.10. The molecule has 142 valence electrons. The monoisotopic (exact) mass is 391 g/mol. The summed E-state index contributed by atoms with van der Waals surface area (Å²) in [6.07, 6.45) is -12.3. The van der Waals surface area contributed by atoms with Crippen LogP contribution in [0, 0.1) is 17.8 Å². The number of hydrogen-bond donors (Lipinski definition) is 0. The maximum absolute atomic E-state index is 13.9. The summed E-state index contributed by atoms with van der Waals surface area (Å²) < 4.78 is 139. The van der Waals surface area contributed by atoms with Crippen LogP contribution in [0.25, 0.3) is 0 Å². The third kappa shape index (κ3) is 2.87. The van der Waals surface area contributed by atoms with Crippen LogP contribution in [0.5, 0.6) is 0 Å². The lowest BCUT2D eigenvalue weighted by molar-refractivity contribution is -0.463. The van der Waals surface area contributed by atoms with Gasteiger partial charge in [-0.2, -0.15) is 35.1 Å². The minimum Gasteiger partial charge on any atom is -0.743 e. The molecule has 13 heteroatoms. The Bertz CT molecular complexity index is 605. The first-order valence-electron chi connectivity index (χ1n) is 6.70. The summed E-state index contributed by atoms with van der Waals surface area (Å²) in [6, 6.07) is 0. The molecule has 0 aromatic heterocycles. The van der Waals surface area contributed by atoms with Crippen molar-refractivity contribution in [3.8, 4) is 0 Å². The molecule has 0 aromatic rings. The van der Waals surface area contributed by atoms with Crippen molar-refractivity contribution in [2.75, 3.05) is 0 Å². The fourth-order valence-corrected chi connectivity index (χ4v) is 3.67. The highest BCUT2D eigenvalue weighted by atomic mass is 32.2. The molecule has 0 spiro atoms. The molecular weight excluding hydrogens is 380 g/mol. The fourth-order valence-electron chi connectivity index (χ4n) is 3.34. The Labute approximate surface area is 130 Å². The summed E-state index contributed by atoms with van der Waals surface area (Å²) in [5.41, 5.74) is 0. The quantitative estimate of drug-likeness (QED) is 0.514. The van der Waals surface area contributed by atoms with Crippen LogP contribution in [0.4, 0.5) is 35.1 Å². The van der Waals surface area contributed by atoms with E-state index in [0.29, 0.717) is 6.42 Å². The first kappa shape index (κ1) is 19.6. The summed E-state index contributed by atoms with van der Waals surface area (Å²) in [4.78, 5) is 0. The minimum absolute atomic E-state index is 0.155. The Morgan fingerprint density at radius 2 is 1.42 bits per heavy atom. The third-order valence-electron chi connectivity index (χ3n) is 4.50. The van der Waals surface area contributed by atoms with E-state index in [2.05, 4.69) is 4.74 Å². The molecule has 0 aliphatic heterocycles. The van der Waals surface area contributed by atoms with Crippen LogP contribution in [0.1, 0.15) is 25.7 Å². The van der Waals surface area contributed by atoms with Crippen LogP contribution in [-0.4, -0.2) is 36.4 Å². The topological polar surface area (TPSA) is 66.4 Å². The second kappa shape index (κ2) is 5.40. The van der Waals surface area contributed by atoms with E-state index in [-0.39, 0.29) is 18.8 Å². The lowest BCUT2D eigenvalue weighted by Gasteiger charge is -2.37. The molecule has 2 aliphatic rings. The van der Waals surface area contributed by atoms with E-state index < -0.39 is 51.8 Å². The number of alkyl halides is 8. The van der Waals surface area contributed by atoms with Gasteiger partial charge in [0.15, 0.2) is 10.1 Å². The number of fused-ring (bicyclic) bond motifs is 2. The molecule has 2 aliphatic carbocycles. The summed E-state index contributed by atoms with van der Waals surface area (Å²) in [5, 5.41) is -6.64. The van der Waals surface area contributed by atoms with Crippen molar-refractivity contribution in [2.24, 2.45) is 17.8 Å². The summed E-state index contributed by atoms with van der Waals surface area (Å²) in [7, 11) is -7.14. The molecule has 3 unspecified atom stereocenters. The van der Waals surface area contributed by atoms with E-state index in [1.165, 1.54) is 0 Å². The zero-order valence-electron chi connectivity index (χ0n) is 11.6. The Kier molecular flexibility index (Phi) is 4.42. The van der Waals surface area contributed by atoms with Crippen LogP contribution in [-0.2, 0) is 14.9 Å². The predicted molar refractivity (Wildman–Crippen MR) is 59.5 cm³/mol. The van der Waals surface area contributed by atoms with Gasteiger partial charge >= 0.3 is 23.4 Å². The van der Waals surface area contributed by atoms with Crippen molar-refractivity contribution in [2.45, 2.75) is 49.1 Å². The molecule has 0 heterocycles. The van der Waals surface area contributed by atoms with Gasteiger partial charge in [0.2, 0.25) is 0 Å². The second-order valence-corrected chi connectivity index (χ2v) is 7.43. The smallest absolute Gasteiger partial charge is 0.438 e. The summed E-state index contributed by atoms with van der Waals surface area (Å²) in [5.74, 6) is -8.51. The maximum atomic E-state index is 13.9. The first-order chi connectivity index (χ1) is 10.5. The van der Waals surface area contributed by atoms with E-state index in [9.17, 15) is 48.1 Å². The molecule has 0 saturated heterocycles. The van der Waals surface area contributed by atoms with E-state index in [4.69, 9.17) is 0 Å². The zero-order valence-corrected chi connectivity index (χ0v) is 12.4. The largest absolute Gasteiger partial charge is 0.743 e. The van der Waals surface area contributed by atoms with E-state index in [1.807, 2.05) is 0 Å². The number of halogens is 8. The zero-order chi connectivity index (χ0) is 18.8. The predicted octanol–water partition coefficient (Wildman–Crippen LogP) is 3.40. The highest BCUT2D eigenvalue weighted by molar-refractivity contribution is 7.86. The molecule has 0 aromatic carbocycles. The molecule has 2 saturated carbocycles. The van der Waals surface area contributed by atoms with Gasteiger partial charge < -0.3 is 4.55 Å².